The zero-order valence-corrected chi connectivity index (χ0v) is 12.3. The van der Waals surface area contributed by atoms with Crippen LogP contribution in [0.25, 0.3) is 11.1 Å². The number of hydrogen-bond donors (Lipinski definition) is 0. The van der Waals surface area contributed by atoms with Crippen LogP contribution in [0.5, 0.6) is 0 Å². The highest BCUT2D eigenvalue weighted by Gasteiger charge is 2.08. The molecule has 0 aliphatic rings. The molecule has 0 atom stereocenters. The van der Waals surface area contributed by atoms with Gasteiger partial charge in [-0.1, -0.05) is 30.2 Å². The Balaban J connectivity index is 2.15. The monoisotopic (exact) mass is 312 g/mol. The number of hydrogen-bond acceptors (Lipinski definition) is 0. The van der Waals surface area contributed by atoms with Gasteiger partial charge in [0.05, 0.1) is 6.67 Å². The van der Waals surface area contributed by atoms with Gasteiger partial charge in [-0.15, -0.1) is 0 Å². The lowest BCUT2D eigenvalue weighted by Gasteiger charge is -2.08. The molecule has 0 saturated carbocycles. The fourth-order valence-corrected chi connectivity index (χ4v) is 2.57. The Morgan fingerprint density at radius 2 is 1.57 bits per heavy atom. The summed E-state index contributed by atoms with van der Waals surface area (Å²) in [5.41, 5.74) is 2.06. The molecule has 4 heteroatoms. The van der Waals surface area contributed by atoms with Crippen molar-refractivity contribution in [1.29, 1.82) is 0 Å². The molecule has 2 aromatic carbocycles. The molecule has 2 aromatic rings. The summed E-state index contributed by atoms with van der Waals surface area (Å²) in [5.74, 6) is -1.26. The Morgan fingerprint density at radius 1 is 0.857 bits per heavy atom. The van der Waals surface area contributed by atoms with Gasteiger partial charge in [0.25, 0.3) is 0 Å². The van der Waals surface area contributed by atoms with Crippen molar-refractivity contribution in [3.05, 3.63) is 58.6 Å². The molecule has 0 fully saturated rings. The van der Waals surface area contributed by atoms with Crippen LogP contribution in [0.3, 0.4) is 0 Å². The van der Waals surface area contributed by atoms with Crippen LogP contribution in [0.4, 0.5) is 13.2 Å². The molecule has 0 bridgehead atoms. The quantitative estimate of drug-likeness (QED) is 0.577. The smallest absolute Gasteiger partial charge is 0.126 e. The number of aryl methyl sites for hydroxylation is 1. The van der Waals surface area contributed by atoms with Gasteiger partial charge in [0.1, 0.15) is 11.6 Å². The van der Waals surface area contributed by atoms with Crippen molar-refractivity contribution < 1.29 is 13.2 Å². The first kappa shape index (κ1) is 15.9. The summed E-state index contributed by atoms with van der Waals surface area (Å²) in [7, 11) is 0. The third-order valence-corrected chi connectivity index (χ3v) is 3.62. The Morgan fingerprint density at radius 3 is 2.19 bits per heavy atom. The van der Waals surface area contributed by atoms with Gasteiger partial charge in [-0.25, -0.2) is 8.78 Å². The van der Waals surface area contributed by atoms with Crippen LogP contribution in [0.1, 0.15) is 24.8 Å². The number of alkyl halides is 1. The number of halogens is 4. The Bertz CT molecular complexity index is 591. The van der Waals surface area contributed by atoms with E-state index in [9.17, 15) is 13.2 Å². The Labute approximate surface area is 127 Å². The van der Waals surface area contributed by atoms with Crippen molar-refractivity contribution in [2.45, 2.75) is 25.7 Å². The van der Waals surface area contributed by atoms with Gasteiger partial charge < -0.3 is 0 Å². The predicted octanol–water partition coefficient (Wildman–Crippen LogP) is 5.97. The van der Waals surface area contributed by atoms with Crippen LogP contribution in [0, 0.1) is 11.6 Å². The third kappa shape index (κ3) is 4.50. The minimum Gasteiger partial charge on any atom is -0.251 e. The minimum atomic E-state index is -0.628. The summed E-state index contributed by atoms with van der Waals surface area (Å²) in [6, 6.07) is 8.79. The first-order valence-electron chi connectivity index (χ1n) is 6.91. The molecule has 0 spiro atoms. The van der Waals surface area contributed by atoms with E-state index in [0.29, 0.717) is 22.6 Å². The summed E-state index contributed by atoms with van der Waals surface area (Å²) in [5, 5.41) is 0.461. The molecule has 0 N–H and O–H groups in total. The van der Waals surface area contributed by atoms with E-state index in [2.05, 4.69) is 0 Å². The lowest BCUT2D eigenvalue weighted by atomic mass is 10.0. The van der Waals surface area contributed by atoms with E-state index in [1.165, 1.54) is 12.1 Å². The minimum absolute atomic E-state index is 0.287. The molecule has 0 aliphatic carbocycles. The lowest BCUT2D eigenvalue weighted by Crippen LogP contribution is -1.90. The summed E-state index contributed by atoms with van der Waals surface area (Å²) in [4.78, 5) is 0. The third-order valence-electron chi connectivity index (χ3n) is 3.31. The second-order valence-corrected chi connectivity index (χ2v) is 5.38. The fourth-order valence-electron chi connectivity index (χ4n) is 2.26. The van der Waals surface area contributed by atoms with Crippen molar-refractivity contribution in [2.24, 2.45) is 0 Å². The zero-order chi connectivity index (χ0) is 15.2. The Kier molecular flexibility index (Phi) is 5.68. The molecule has 0 nitrogen and oxygen atoms in total. The molecule has 0 heterocycles. The topological polar surface area (TPSA) is 0 Å². The lowest BCUT2D eigenvalue weighted by molar-refractivity contribution is 0.456. The van der Waals surface area contributed by atoms with Gasteiger partial charge in [-0.05, 0) is 48.6 Å². The van der Waals surface area contributed by atoms with Crippen LogP contribution in [0.2, 0.25) is 5.02 Å². The van der Waals surface area contributed by atoms with E-state index in [4.69, 9.17) is 11.6 Å². The van der Waals surface area contributed by atoms with Crippen molar-refractivity contribution in [1.82, 2.24) is 0 Å². The molecule has 112 valence electrons. The van der Waals surface area contributed by atoms with E-state index < -0.39 is 11.6 Å². The van der Waals surface area contributed by atoms with Crippen LogP contribution in [-0.4, -0.2) is 6.67 Å². The van der Waals surface area contributed by atoms with Crippen molar-refractivity contribution in [3.63, 3.8) is 0 Å². The molecule has 0 unspecified atom stereocenters. The normalized spacial score (nSPS) is 10.9. The molecule has 0 radical (unpaired) electrons. The van der Waals surface area contributed by atoms with Gasteiger partial charge in [0.15, 0.2) is 0 Å². The Hall–Kier alpha value is -1.48. The van der Waals surface area contributed by atoms with Gasteiger partial charge in [-0.2, -0.15) is 0 Å². The van der Waals surface area contributed by atoms with E-state index in [1.807, 2.05) is 6.07 Å². The average molecular weight is 313 g/mol. The van der Waals surface area contributed by atoms with Gasteiger partial charge in [-0.3, -0.25) is 4.39 Å². The second-order valence-electron chi connectivity index (χ2n) is 4.97. The maximum atomic E-state index is 13.3. The highest BCUT2D eigenvalue weighted by Crippen LogP contribution is 2.30. The largest absolute Gasteiger partial charge is 0.251 e. The highest BCUT2D eigenvalue weighted by molar-refractivity contribution is 6.33. The van der Waals surface area contributed by atoms with Crippen LogP contribution >= 0.6 is 11.6 Å². The number of rotatable bonds is 6. The first-order valence-corrected chi connectivity index (χ1v) is 7.29. The van der Waals surface area contributed by atoms with Crippen LogP contribution in [0.15, 0.2) is 36.4 Å². The SMILES string of the molecule is FCCCCCc1ccc(-c2cc(F)cc(F)c2)c(Cl)c1. The summed E-state index contributed by atoms with van der Waals surface area (Å²) in [6.07, 6.45) is 3.13. The van der Waals surface area contributed by atoms with E-state index in [1.54, 1.807) is 12.1 Å². The standard InChI is InChI=1S/C17H16ClF3/c18-17-8-12(4-2-1-3-7-19)5-6-16(17)13-9-14(20)11-15(21)10-13/h5-6,8-11H,1-4,7H2. The maximum Gasteiger partial charge on any atom is 0.126 e. The second kappa shape index (κ2) is 7.51. The molecule has 0 aromatic heterocycles. The molecular formula is C17H16ClF3. The summed E-state index contributed by atoms with van der Waals surface area (Å²) >= 11 is 6.20. The van der Waals surface area contributed by atoms with E-state index in [0.717, 1.165) is 30.9 Å². The number of unbranched alkanes of at least 4 members (excludes halogenated alkanes) is 2. The predicted molar refractivity (Wildman–Crippen MR) is 80.3 cm³/mol. The zero-order valence-electron chi connectivity index (χ0n) is 11.5. The summed E-state index contributed by atoms with van der Waals surface area (Å²) < 4.78 is 38.5. The maximum absolute atomic E-state index is 13.3. The average Bonchev–Trinajstić information content (AvgIpc) is 2.42. The summed E-state index contributed by atoms with van der Waals surface area (Å²) in [6.45, 7) is -0.287. The van der Waals surface area contributed by atoms with Crippen molar-refractivity contribution in [3.8, 4) is 11.1 Å². The van der Waals surface area contributed by atoms with Gasteiger partial charge >= 0.3 is 0 Å². The molecule has 21 heavy (non-hydrogen) atoms. The van der Waals surface area contributed by atoms with Crippen molar-refractivity contribution >= 4 is 11.6 Å². The molecule has 2 rings (SSSR count). The van der Waals surface area contributed by atoms with Gasteiger partial charge in [0, 0.05) is 16.7 Å². The highest BCUT2D eigenvalue weighted by atomic mass is 35.5. The van der Waals surface area contributed by atoms with Crippen LogP contribution < -0.4 is 0 Å². The number of benzene rings is 2. The molecule has 0 saturated heterocycles. The van der Waals surface area contributed by atoms with Crippen molar-refractivity contribution in [2.75, 3.05) is 6.67 Å². The first-order chi connectivity index (χ1) is 10.1. The molecule has 0 aliphatic heterocycles. The van der Waals surface area contributed by atoms with Gasteiger partial charge in [0.2, 0.25) is 0 Å². The van der Waals surface area contributed by atoms with E-state index >= 15 is 0 Å². The van der Waals surface area contributed by atoms with E-state index in [-0.39, 0.29) is 6.67 Å². The molecular weight excluding hydrogens is 297 g/mol. The fraction of sp³-hybridized carbons (Fsp3) is 0.294. The molecule has 0 amide bonds. The van der Waals surface area contributed by atoms with Crippen LogP contribution in [-0.2, 0) is 6.42 Å².